The summed E-state index contributed by atoms with van der Waals surface area (Å²) in [6.07, 6.45) is 1.49. The van der Waals surface area contributed by atoms with Crippen LogP contribution in [0.2, 0.25) is 0 Å². The predicted molar refractivity (Wildman–Crippen MR) is 125 cm³/mol. The van der Waals surface area contributed by atoms with Crippen LogP contribution in [0.5, 0.6) is 5.75 Å². The van der Waals surface area contributed by atoms with Crippen molar-refractivity contribution >= 4 is 16.5 Å². The van der Waals surface area contributed by atoms with Crippen LogP contribution < -0.4 is 21.7 Å². The number of nitrogens with zero attached hydrogens (tertiary/aromatic N) is 1. The highest BCUT2D eigenvalue weighted by molar-refractivity contribution is 5.90. The standard InChI is InChI=1S/C25H25N3O3/c1-25(2,3)21-14-19(28-10-9-22(29)27-24(28)30)13-20(23(21)31-4)17-6-5-16-12-18(26)8-7-15(16)11-17/h5-14H,26H2,1-4H3,(H,27,29,30). The molecule has 0 radical (unpaired) electrons. The monoisotopic (exact) mass is 415 g/mol. The fourth-order valence-corrected chi connectivity index (χ4v) is 3.80. The number of fused-ring (bicyclic) bond motifs is 1. The minimum atomic E-state index is -0.488. The fraction of sp³-hybridized carbons (Fsp3) is 0.200. The number of rotatable bonds is 3. The van der Waals surface area contributed by atoms with Gasteiger partial charge in [-0.25, -0.2) is 4.79 Å². The van der Waals surface area contributed by atoms with Crippen LogP contribution >= 0.6 is 0 Å². The summed E-state index contributed by atoms with van der Waals surface area (Å²) < 4.78 is 7.30. The summed E-state index contributed by atoms with van der Waals surface area (Å²) in [6.45, 7) is 6.28. The van der Waals surface area contributed by atoms with E-state index in [0.29, 0.717) is 11.4 Å². The highest BCUT2D eigenvalue weighted by Crippen LogP contribution is 2.41. The Morgan fingerprint density at radius 1 is 0.935 bits per heavy atom. The Labute approximate surface area is 179 Å². The van der Waals surface area contributed by atoms with Crippen molar-refractivity contribution in [2.24, 2.45) is 0 Å². The lowest BCUT2D eigenvalue weighted by Gasteiger charge is -2.25. The Morgan fingerprint density at radius 3 is 2.32 bits per heavy atom. The molecule has 0 fully saturated rings. The number of aromatic nitrogens is 2. The molecule has 0 bridgehead atoms. The molecule has 0 saturated carbocycles. The van der Waals surface area contributed by atoms with Gasteiger partial charge in [0.2, 0.25) is 0 Å². The molecule has 3 N–H and O–H groups in total. The molecule has 6 heteroatoms. The van der Waals surface area contributed by atoms with Crippen LogP contribution in [0, 0.1) is 0 Å². The van der Waals surface area contributed by atoms with Crippen molar-refractivity contribution in [3.05, 3.63) is 87.2 Å². The number of H-pyrrole nitrogens is 1. The first kappa shape index (κ1) is 20.5. The van der Waals surface area contributed by atoms with Crippen LogP contribution in [0.3, 0.4) is 0 Å². The molecule has 6 nitrogen and oxygen atoms in total. The summed E-state index contributed by atoms with van der Waals surface area (Å²) >= 11 is 0. The summed E-state index contributed by atoms with van der Waals surface area (Å²) in [4.78, 5) is 26.3. The molecule has 0 atom stereocenters. The van der Waals surface area contributed by atoms with Gasteiger partial charge in [0.05, 0.1) is 12.8 Å². The van der Waals surface area contributed by atoms with E-state index in [4.69, 9.17) is 10.5 Å². The normalized spacial score (nSPS) is 11.6. The topological polar surface area (TPSA) is 90.1 Å². The van der Waals surface area contributed by atoms with Gasteiger partial charge in [0, 0.05) is 29.1 Å². The van der Waals surface area contributed by atoms with Crippen LogP contribution in [0.15, 0.2) is 70.4 Å². The molecule has 0 aliphatic rings. The lowest BCUT2D eigenvalue weighted by atomic mass is 9.83. The van der Waals surface area contributed by atoms with Gasteiger partial charge in [-0.05, 0) is 52.1 Å². The number of hydrogen-bond acceptors (Lipinski definition) is 4. The zero-order chi connectivity index (χ0) is 22.3. The van der Waals surface area contributed by atoms with E-state index in [9.17, 15) is 9.59 Å². The van der Waals surface area contributed by atoms with E-state index in [1.807, 2.05) is 42.5 Å². The maximum Gasteiger partial charge on any atom is 0.332 e. The number of ether oxygens (including phenoxy) is 1. The number of nitrogen functional groups attached to an aromatic ring is 1. The molecule has 3 aromatic carbocycles. The minimum absolute atomic E-state index is 0.243. The maximum absolute atomic E-state index is 12.5. The zero-order valence-electron chi connectivity index (χ0n) is 18.0. The molecule has 0 aliphatic carbocycles. The average molecular weight is 415 g/mol. The number of methoxy groups -OCH3 is 1. The fourth-order valence-electron chi connectivity index (χ4n) is 3.80. The number of benzene rings is 3. The summed E-state index contributed by atoms with van der Waals surface area (Å²) in [7, 11) is 1.65. The van der Waals surface area contributed by atoms with E-state index in [0.717, 1.165) is 33.2 Å². The molecule has 4 rings (SSSR count). The molecule has 0 spiro atoms. The Bertz CT molecular complexity index is 1410. The largest absolute Gasteiger partial charge is 0.496 e. The van der Waals surface area contributed by atoms with Crippen molar-refractivity contribution in [2.45, 2.75) is 26.2 Å². The van der Waals surface area contributed by atoms with Gasteiger partial charge in [0.25, 0.3) is 5.56 Å². The lowest BCUT2D eigenvalue weighted by Crippen LogP contribution is -2.27. The quantitative estimate of drug-likeness (QED) is 0.490. The van der Waals surface area contributed by atoms with Crippen molar-refractivity contribution in [1.82, 2.24) is 9.55 Å². The van der Waals surface area contributed by atoms with E-state index < -0.39 is 11.2 Å². The van der Waals surface area contributed by atoms with Crippen LogP contribution in [0.25, 0.3) is 27.6 Å². The summed E-state index contributed by atoms with van der Waals surface area (Å²) in [5.41, 5.74) is 8.90. The van der Waals surface area contributed by atoms with E-state index >= 15 is 0 Å². The number of anilines is 1. The average Bonchev–Trinajstić information content (AvgIpc) is 2.71. The molecule has 0 unspecified atom stereocenters. The van der Waals surface area contributed by atoms with E-state index in [1.54, 1.807) is 7.11 Å². The van der Waals surface area contributed by atoms with E-state index in [2.05, 4.69) is 31.8 Å². The van der Waals surface area contributed by atoms with Gasteiger partial charge in [0.1, 0.15) is 5.75 Å². The Kier molecular flexibility index (Phi) is 4.93. The molecule has 4 aromatic rings. The van der Waals surface area contributed by atoms with Gasteiger partial charge in [-0.15, -0.1) is 0 Å². The van der Waals surface area contributed by atoms with E-state index in [-0.39, 0.29) is 5.41 Å². The summed E-state index contributed by atoms with van der Waals surface area (Å²) in [5, 5.41) is 2.10. The van der Waals surface area contributed by atoms with Crippen LogP contribution in [0.1, 0.15) is 26.3 Å². The van der Waals surface area contributed by atoms with Crippen molar-refractivity contribution < 1.29 is 4.74 Å². The number of nitrogens with one attached hydrogen (secondary N) is 1. The predicted octanol–water partition coefficient (Wildman–Crippen LogP) is 4.23. The Hall–Kier alpha value is -3.80. The molecule has 0 aliphatic heterocycles. The van der Waals surface area contributed by atoms with Crippen LogP contribution in [-0.2, 0) is 5.41 Å². The first-order chi connectivity index (χ1) is 14.7. The third-order valence-electron chi connectivity index (χ3n) is 5.36. The first-order valence-corrected chi connectivity index (χ1v) is 10.0. The molecule has 1 heterocycles. The van der Waals surface area contributed by atoms with Crippen molar-refractivity contribution in [3.63, 3.8) is 0 Å². The first-order valence-electron chi connectivity index (χ1n) is 10.0. The summed E-state index contributed by atoms with van der Waals surface area (Å²) in [5.74, 6) is 0.753. The summed E-state index contributed by atoms with van der Waals surface area (Å²) in [6, 6.07) is 17.1. The van der Waals surface area contributed by atoms with Gasteiger partial charge in [0.15, 0.2) is 0 Å². The third kappa shape index (κ3) is 3.84. The molecule has 158 valence electrons. The SMILES string of the molecule is COc1c(-c2ccc3cc(N)ccc3c2)cc(-n2ccc(=O)[nH]c2=O)cc1C(C)(C)C. The van der Waals surface area contributed by atoms with Crippen LogP contribution in [-0.4, -0.2) is 16.7 Å². The molecular weight excluding hydrogens is 390 g/mol. The van der Waals surface area contributed by atoms with Gasteiger partial charge in [-0.2, -0.15) is 0 Å². The maximum atomic E-state index is 12.5. The number of nitrogens with two attached hydrogens (primary N) is 1. The zero-order valence-corrected chi connectivity index (χ0v) is 18.0. The molecular formula is C25H25N3O3. The minimum Gasteiger partial charge on any atom is -0.496 e. The van der Waals surface area contributed by atoms with Gasteiger partial charge in [-0.3, -0.25) is 14.3 Å². The molecule has 1 aromatic heterocycles. The Morgan fingerprint density at radius 2 is 1.65 bits per heavy atom. The third-order valence-corrected chi connectivity index (χ3v) is 5.36. The number of aromatic amines is 1. The van der Waals surface area contributed by atoms with Crippen molar-refractivity contribution in [3.8, 4) is 22.6 Å². The second-order valence-electron chi connectivity index (χ2n) is 8.63. The van der Waals surface area contributed by atoms with Gasteiger partial charge >= 0.3 is 5.69 Å². The van der Waals surface area contributed by atoms with Crippen molar-refractivity contribution in [2.75, 3.05) is 12.8 Å². The van der Waals surface area contributed by atoms with Gasteiger partial charge < -0.3 is 10.5 Å². The molecule has 0 saturated heterocycles. The number of hydrogen-bond donors (Lipinski definition) is 2. The smallest absolute Gasteiger partial charge is 0.332 e. The lowest BCUT2D eigenvalue weighted by molar-refractivity contribution is 0.399. The van der Waals surface area contributed by atoms with Gasteiger partial charge in [-0.1, -0.05) is 39.0 Å². The highest BCUT2D eigenvalue weighted by atomic mass is 16.5. The van der Waals surface area contributed by atoms with Crippen molar-refractivity contribution in [1.29, 1.82) is 0 Å². The second kappa shape index (κ2) is 7.47. The van der Waals surface area contributed by atoms with E-state index in [1.165, 1.54) is 16.8 Å². The Balaban J connectivity index is 2.03. The second-order valence-corrected chi connectivity index (χ2v) is 8.63. The molecule has 31 heavy (non-hydrogen) atoms. The molecule has 0 amide bonds. The van der Waals surface area contributed by atoms with Crippen LogP contribution in [0.4, 0.5) is 5.69 Å². The highest BCUT2D eigenvalue weighted by Gasteiger charge is 2.24.